The molecule has 0 amide bonds. The highest BCUT2D eigenvalue weighted by molar-refractivity contribution is 7.62. The van der Waals surface area contributed by atoms with Crippen molar-refractivity contribution in [3.05, 3.63) is 11.9 Å². The number of hydrogen-bond donors (Lipinski definition) is 1. The minimum atomic E-state index is -2.89. The van der Waals surface area contributed by atoms with E-state index in [2.05, 4.69) is 0 Å². The van der Waals surface area contributed by atoms with Gasteiger partial charge in [-0.3, -0.25) is 4.57 Å². The van der Waals surface area contributed by atoms with Gasteiger partial charge in [0.15, 0.2) is 0 Å². The third kappa shape index (κ3) is 2.18. The number of allylic oxidation sites excluding steroid dienone is 1. The summed E-state index contributed by atoms with van der Waals surface area (Å²) in [5.41, 5.74) is 0.0744. The van der Waals surface area contributed by atoms with Crippen molar-refractivity contribution >= 4 is 7.37 Å². The minimum absolute atomic E-state index is 0.0744. The summed E-state index contributed by atoms with van der Waals surface area (Å²) in [6.45, 7) is 1.97. The van der Waals surface area contributed by atoms with Gasteiger partial charge >= 0.3 is 0 Å². The maximum Gasteiger partial charge on any atom is 0.225 e. The Bertz CT molecular complexity index is 194. The topological polar surface area (TPSA) is 37.3 Å². The van der Waals surface area contributed by atoms with Gasteiger partial charge in [-0.05, 0) is 25.1 Å². The standard InChI is InChI=1S/C8H15O2P/c1-2-3-7-11(9,10)8-5-4-6-8/h3,7-8H,2,4-6H2,1H3,(H,9,10). The molecule has 0 bridgehead atoms. The van der Waals surface area contributed by atoms with Crippen molar-refractivity contribution in [2.45, 2.75) is 38.3 Å². The molecule has 1 saturated carbocycles. The van der Waals surface area contributed by atoms with E-state index >= 15 is 0 Å². The maximum absolute atomic E-state index is 11.4. The summed E-state index contributed by atoms with van der Waals surface area (Å²) < 4.78 is 11.4. The molecule has 0 radical (unpaired) electrons. The van der Waals surface area contributed by atoms with Crippen LogP contribution in [0.4, 0.5) is 0 Å². The largest absolute Gasteiger partial charge is 0.341 e. The molecule has 0 saturated heterocycles. The summed E-state index contributed by atoms with van der Waals surface area (Å²) in [5, 5.41) is 0. The van der Waals surface area contributed by atoms with Gasteiger partial charge in [0.2, 0.25) is 7.37 Å². The monoisotopic (exact) mass is 174 g/mol. The molecule has 1 rings (SSSR count). The molecule has 1 atom stereocenters. The number of rotatable bonds is 3. The molecule has 11 heavy (non-hydrogen) atoms. The van der Waals surface area contributed by atoms with Gasteiger partial charge in [-0.25, -0.2) is 0 Å². The highest BCUT2D eigenvalue weighted by atomic mass is 31.2. The zero-order valence-corrected chi connectivity index (χ0v) is 7.76. The van der Waals surface area contributed by atoms with Crippen molar-refractivity contribution < 1.29 is 9.46 Å². The van der Waals surface area contributed by atoms with E-state index in [9.17, 15) is 9.46 Å². The quantitative estimate of drug-likeness (QED) is 0.668. The normalized spacial score (nSPS) is 24.9. The van der Waals surface area contributed by atoms with Crippen molar-refractivity contribution in [1.82, 2.24) is 0 Å². The fourth-order valence-electron chi connectivity index (χ4n) is 1.13. The molecule has 0 aliphatic heterocycles. The van der Waals surface area contributed by atoms with Crippen molar-refractivity contribution in [1.29, 1.82) is 0 Å². The first kappa shape index (κ1) is 9.02. The van der Waals surface area contributed by atoms with Crippen LogP contribution in [0.15, 0.2) is 11.9 Å². The van der Waals surface area contributed by atoms with E-state index in [1.54, 1.807) is 6.08 Å². The van der Waals surface area contributed by atoms with Crippen LogP contribution in [0.1, 0.15) is 32.6 Å². The summed E-state index contributed by atoms with van der Waals surface area (Å²) in [5.74, 6) is 1.51. The summed E-state index contributed by atoms with van der Waals surface area (Å²) in [6.07, 6.45) is 5.62. The molecule has 3 heteroatoms. The Labute approximate surface area is 67.8 Å². The Kier molecular flexibility index (Phi) is 2.91. The third-order valence-corrected chi connectivity index (χ3v) is 4.35. The molecule has 0 heterocycles. The summed E-state index contributed by atoms with van der Waals surface area (Å²) in [7, 11) is -2.89. The van der Waals surface area contributed by atoms with E-state index in [4.69, 9.17) is 0 Å². The Morgan fingerprint density at radius 2 is 2.27 bits per heavy atom. The van der Waals surface area contributed by atoms with Crippen molar-refractivity contribution in [3.63, 3.8) is 0 Å². The average molecular weight is 174 g/mol. The molecule has 2 nitrogen and oxygen atoms in total. The van der Waals surface area contributed by atoms with Gasteiger partial charge in [0.25, 0.3) is 0 Å². The zero-order chi connectivity index (χ0) is 8.32. The van der Waals surface area contributed by atoms with E-state index in [0.717, 1.165) is 25.7 Å². The van der Waals surface area contributed by atoms with E-state index in [1.165, 1.54) is 5.82 Å². The van der Waals surface area contributed by atoms with Gasteiger partial charge in [-0.2, -0.15) is 0 Å². The Hall–Kier alpha value is -0.0700. The van der Waals surface area contributed by atoms with Gasteiger partial charge in [0, 0.05) is 5.66 Å². The van der Waals surface area contributed by atoms with E-state index < -0.39 is 7.37 Å². The van der Waals surface area contributed by atoms with Crippen LogP contribution in [0, 0.1) is 0 Å². The van der Waals surface area contributed by atoms with Crippen LogP contribution in [-0.2, 0) is 4.57 Å². The average Bonchev–Trinajstić information content (AvgIpc) is 1.78. The molecular weight excluding hydrogens is 159 g/mol. The van der Waals surface area contributed by atoms with E-state index in [0.29, 0.717) is 0 Å². The second-order valence-corrected chi connectivity index (χ2v) is 5.42. The molecule has 0 aromatic rings. The lowest BCUT2D eigenvalue weighted by Gasteiger charge is -2.27. The molecule has 0 spiro atoms. The highest BCUT2D eigenvalue weighted by Crippen LogP contribution is 2.55. The fraction of sp³-hybridized carbons (Fsp3) is 0.750. The molecule has 0 aromatic heterocycles. The second kappa shape index (κ2) is 3.55. The molecule has 1 N–H and O–H groups in total. The zero-order valence-electron chi connectivity index (χ0n) is 6.86. The Balaban J connectivity index is 2.51. The third-order valence-electron chi connectivity index (χ3n) is 2.15. The fourth-order valence-corrected chi connectivity index (χ4v) is 3.00. The predicted octanol–water partition coefficient (Wildman–Crippen LogP) is 2.73. The van der Waals surface area contributed by atoms with Crippen LogP contribution in [0.25, 0.3) is 0 Å². The van der Waals surface area contributed by atoms with Gasteiger partial charge in [-0.15, -0.1) is 0 Å². The lowest BCUT2D eigenvalue weighted by Crippen LogP contribution is -2.16. The highest BCUT2D eigenvalue weighted by Gasteiger charge is 2.32. The van der Waals surface area contributed by atoms with Crippen LogP contribution in [0.2, 0.25) is 0 Å². The SMILES string of the molecule is CCC=CP(=O)(O)C1CCC1. The van der Waals surface area contributed by atoms with E-state index in [-0.39, 0.29) is 5.66 Å². The first-order chi connectivity index (χ1) is 5.17. The van der Waals surface area contributed by atoms with Gasteiger partial charge in [-0.1, -0.05) is 19.4 Å². The summed E-state index contributed by atoms with van der Waals surface area (Å²) in [6, 6.07) is 0. The Morgan fingerprint density at radius 3 is 2.64 bits per heavy atom. The maximum atomic E-state index is 11.4. The Morgan fingerprint density at radius 1 is 1.64 bits per heavy atom. The molecule has 1 unspecified atom stereocenters. The van der Waals surface area contributed by atoms with Gasteiger partial charge < -0.3 is 4.89 Å². The molecule has 1 aliphatic rings. The summed E-state index contributed by atoms with van der Waals surface area (Å²) in [4.78, 5) is 9.43. The van der Waals surface area contributed by atoms with Crippen LogP contribution < -0.4 is 0 Å². The van der Waals surface area contributed by atoms with Gasteiger partial charge in [0.05, 0.1) is 0 Å². The number of hydrogen-bond acceptors (Lipinski definition) is 1. The van der Waals surface area contributed by atoms with Crippen LogP contribution >= 0.6 is 7.37 Å². The predicted molar refractivity (Wildman–Crippen MR) is 46.9 cm³/mol. The van der Waals surface area contributed by atoms with Gasteiger partial charge in [0.1, 0.15) is 0 Å². The lowest BCUT2D eigenvalue weighted by atomic mass is 10.00. The first-order valence-electron chi connectivity index (χ1n) is 4.16. The van der Waals surface area contributed by atoms with Crippen LogP contribution in [-0.4, -0.2) is 10.6 Å². The minimum Gasteiger partial charge on any atom is -0.341 e. The second-order valence-electron chi connectivity index (χ2n) is 3.05. The molecule has 1 fully saturated rings. The van der Waals surface area contributed by atoms with Crippen LogP contribution in [0.3, 0.4) is 0 Å². The molecule has 0 aromatic carbocycles. The lowest BCUT2D eigenvalue weighted by molar-refractivity contribution is 0.418. The van der Waals surface area contributed by atoms with Crippen molar-refractivity contribution in [2.75, 3.05) is 0 Å². The van der Waals surface area contributed by atoms with Crippen LogP contribution in [0.5, 0.6) is 0 Å². The molecule has 1 aliphatic carbocycles. The molecular formula is C8H15O2P. The smallest absolute Gasteiger partial charge is 0.225 e. The van der Waals surface area contributed by atoms with E-state index in [1.807, 2.05) is 6.92 Å². The van der Waals surface area contributed by atoms with Crippen molar-refractivity contribution in [3.8, 4) is 0 Å². The molecule has 64 valence electrons. The first-order valence-corrected chi connectivity index (χ1v) is 5.96. The van der Waals surface area contributed by atoms with Crippen molar-refractivity contribution in [2.24, 2.45) is 0 Å². The summed E-state index contributed by atoms with van der Waals surface area (Å²) >= 11 is 0.